The molecule has 1 amide bonds. The van der Waals surface area contributed by atoms with Crippen molar-refractivity contribution in [2.75, 3.05) is 33.3 Å². The molecule has 0 aromatic heterocycles. The molecule has 3 aromatic carbocycles. The summed E-state index contributed by atoms with van der Waals surface area (Å²) in [6.07, 6.45) is 0. The predicted octanol–water partition coefficient (Wildman–Crippen LogP) is 4.61. The lowest BCUT2D eigenvalue weighted by molar-refractivity contribution is -0.119. The molecule has 0 heterocycles. The van der Waals surface area contributed by atoms with Gasteiger partial charge < -0.3 is 29.0 Å². The first-order valence-corrected chi connectivity index (χ1v) is 10.1. The summed E-state index contributed by atoms with van der Waals surface area (Å²) in [5, 5.41) is 2.70. The minimum atomic E-state index is -0.743. The summed E-state index contributed by atoms with van der Waals surface area (Å²) >= 11 is 0. The third kappa shape index (κ3) is 5.74. The van der Waals surface area contributed by atoms with Gasteiger partial charge in [0, 0.05) is 0 Å². The zero-order valence-electron chi connectivity index (χ0n) is 18.8. The Morgan fingerprint density at radius 1 is 0.788 bits per heavy atom. The molecule has 0 fully saturated rings. The van der Waals surface area contributed by atoms with Gasteiger partial charge in [0.25, 0.3) is 5.91 Å². The van der Waals surface area contributed by atoms with Gasteiger partial charge in [-0.05, 0) is 43.3 Å². The SMILES string of the molecule is COc1ccc(C(=O)OCC(=O)Nc2ccccc2Oc2ccc(C)cc2)c(OC)c1OC. The molecule has 0 saturated carbocycles. The van der Waals surface area contributed by atoms with E-state index >= 15 is 0 Å². The standard InChI is InChI=1S/C25H25NO7/c1-16-9-11-17(12-10-16)33-20-8-6-5-7-19(20)26-22(27)15-32-25(28)18-13-14-21(29-2)24(31-4)23(18)30-3/h5-14H,15H2,1-4H3,(H,26,27). The van der Waals surface area contributed by atoms with E-state index in [2.05, 4.69) is 5.32 Å². The van der Waals surface area contributed by atoms with E-state index in [1.807, 2.05) is 31.2 Å². The fourth-order valence-electron chi connectivity index (χ4n) is 3.05. The Hall–Kier alpha value is -4.20. The summed E-state index contributed by atoms with van der Waals surface area (Å²) in [6.45, 7) is 1.48. The number of para-hydroxylation sites is 2. The van der Waals surface area contributed by atoms with Gasteiger partial charge in [-0.15, -0.1) is 0 Å². The van der Waals surface area contributed by atoms with Crippen LogP contribution < -0.4 is 24.3 Å². The van der Waals surface area contributed by atoms with Crippen LogP contribution in [-0.4, -0.2) is 39.8 Å². The fourth-order valence-corrected chi connectivity index (χ4v) is 3.05. The molecule has 1 N–H and O–H groups in total. The van der Waals surface area contributed by atoms with Gasteiger partial charge in [-0.2, -0.15) is 0 Å². The van der Waals surface area contributed by atoms with Crippen molar-refractivity contribution in [3.8, 4) is 28.7 Å². The van der Waals surface area contributed by atoms with Gasteiger partial charge in [-0.3, -0.25) is 4.79 Å². The van der Waals surface area contributed by atoms with E-state index in [-0.39, 0.29) is 17.1 Å². The lowest BCUT2D eigenvalue weighted by atomic mass is 10.1. The maximum atomic E-state index is 12.6. The summed E-state index contributed by atoms with van der Waals surface area (Å²) in [5.74, 6) is 0.626. The normalized spacial score (nSPS) is 10.2. The highest BCUT2D eigenvalue weighted by molar-refractivity contribution is 5.98. The summed E-state index contributed by atoms with van der Waals surface area (Å²) in [7, 11) is 4.30. The van der Waals surface area contributed by atoms with E-state index in [9.17, 15) is 9.59 Å². The van der Waals surface area contributed by atoms with Crippen LogP contribution in [0, 0.1) is 6.92 Å². The Morgan fingerprint density at radius 2 is 1.48 bits per heavy atom. The smallest absolute Gasteiger partial charge is 0.342 e. The zero-order chi connectivity index (χ0) is 23.8. The van der Waals surface area contributed by atoms with Crippen LogP contribution >= 0.6 is 0 Å². The maximum Gasteiger partial charge on any atom is 0.342 e. The van der Waals surface area contributed by atoms with Crippen LogP contribution in [0.4, 0.5) is 5.69 Å². The topological polar surface area (TPSA) is 92.3 Å². The minimum Gasteiger partial charge on any atom is -0.493 e. The van der Waals surface area contributed by atoms with Gasteiger partial charge in [0.15, 0.2) is 23.9 Å². The number of anilines is 1. The molecule has 33 heavy (non-hydrogen) atoms. The van der Waals surface area contributed by atoms with Crippen molar-refractivity contribution in [3.63, 3.8) is 0 Å². The Labute approximate surface area is 192 Å². The third-order valence-corrected chi connectivity index (χ3v) is 4.67. The van der Waals surface area contributed by atoms with Gasteiger partial charge in [0.05, 0.1) is 27.0 Å². The summed E-state index contributed by atoms with van der Waals surface area (Å²) in [5.41, 5.74) is 1.66. The van der Waals surface area contributed by atoms with Crippen molar-refractivity contribution in [1.29, 1.82) is 0 Å². The first kappa shape index (κ1) is 23.5. The van der Waals surface area contributed by atoms with Gasteiger partial charge in [0.1, 0.15) is 11.3 Å². The highest BCUT2D eigenvalue weighted by Crippen LogP contribution is 2.40. The van der Waals surface area contributed by atoms with E-state index in [1.165, 1.54) is 27.4 Å². The Morgan fingerprint density at radius 3 is 2.15 bits per heavy atom. The molecule has 0 unspecified atom stereocenters. The number of carbonyl (C=O) groups excluding carboxylic acids is 2. The van der Waals surface area contributed by atoms with Crippen molar-refractivity contribution in [2.24, 2.45) is 0 Å². The number of rotatable bonds is 9. The second kappa shape index (κ2) is 10.9. The van der Waals surface area contributed by atoms with E-state index < -0.39 is 18.5 Å². The molecule has 8 heteroatoms. The number of amides is 1. The van der Waals surface area contributed by atoms with Crippen molar-refractivity contribution < 1.29 is 33.3 Å². The monoisotopic (exact) mass is 451 g/mol. The zero-order valence-corrected chi connectivity index (χ0v) is 18.8. The van der Waals surface area contributed by atoms with Gasteiger partial charge in [-0.25, -0.2) is 4.79 Å². The first-order valence-electron chi connectivity index (χ1n) is 10.1. The lowest BCUT2D eigenvalue weighted by Crippen LogP contribution is -2.21. The van der Waals surface area contributed by atoms with Crippen molar-refractivity contribution in [1.82, 2.24) is 0 Å². The van der Waals surface area contributed by atoms with Gasteiger partial charge in [-0.1, -0.05) is 29.8 Å². The summed E-state index contributed by atoms with van der Waals surface area (Å²) < 4.78 is 26.8. The fraction of sp³-hybridized carbons (Fsp3) is 0.200. The molecular formula is C25H25NO7. The molecule has 0 atom stereocenters. The highest BCUT2D eigenvalue weighted by atomic mass is 16.5. The van der Waals surface area contributed by atoms with Crippen LogP contribution in [0.5, 0.6) is 28.7 Å². The quantitative estimate of drug-likeness (QED) is 0.475. The van der Waals surface area contributed by atoms with Crippen LogP contribution in [0.3, 0.4) is 0 Å². The number of hydrogen-bond donors (Lipinski definition) is 1. The minimum absolute atomic E-state index is 0.103. The average Bonchev–Trinajstić information content (AvgIpc) is 2.84. The van der Waals surface area contributed by atoms with Crippen molar-refractivity contribution in [2.45, 2.75) is 6.92 Å². The van der Waals surface area contributed by atoms with Gasteiger partial charge >= 0.3 is 5.97 Å². The lowest BCUT2D eigenvalue weighted by Gasteiger charge is -2.15. The van der Waals surface area contributed by atoms with Crippen LogP contribution in [-0.2, 0) is 9.53 Å². The molecule has 0 aliphatic heterocycles. The number of carbonyl (C=O) groups is 2. The molecule has 172 valence electrons. The molecule has 0 bridgehead atoms. The molecule has 0 radical (unpaired) electrons. The van der Waals surface area contributed by atoms with Gasteiger partial charge in [0.2, 0.25) is 5.75 Å². The van der Waals surface area contributed by atoms with E-state index in [4.69, 9.17) is 23.7 Å². The molecule has 8 nitrogen and oxygen atoms in total. The van der Waals surface area contributed by atoms with Crippen LogP contribution in [0.2, 0.25) is 0 Å². The third-order valence-electron chi connectivity index (χ3n) is 4.67. The number of hydrogen-bond acceptors (Lipinski definition) is 7. The molecular weight excluding hydrogens is 426 g/mol. The highest BCUT2D eigenvalue weighted by Gasteiger charge is 2.22. The van der Waals surface area contributed by atoms with Crippen molar-refractivity contribution >= 4 is 17.6 Å². The Kier molecular flexibility index (Phi) is 7.75. The summed E-state index contributed by atoms with van der Waals surface area (Å²) in [6, 6.07) is 17.5. The number of ether oxygens (including phenoxy) is 5. The Balaban J connectivity index is 1.67. The average molecular weight is 451 g/mol. The number of benzene rings is 3. The van der Waals surface area contributed by atoms with E-state index in [1.54, 1.807) is 30.3 Å². The van der Waals surface area contributed by atoms with Crippen LogP contribution in [0.25, 0.3) is 0 Å². The van der Waals surface area contributed by atoms with Crippen molar-refractivity contribution in [3.05, 3.63) is 71.8 Å². The van der Waals surface area contributed by atoms with Crippen LogP contribution in [0.1, 0.15) is 15.9 Å². The number of nitrogens with one attached hydrogen (secondary N) is 1. The predicted molar refractivity (Wildman–Crippen MR) is 123 cm³/mol. The molecule has 0 saturated heterocycles. The van der Waals surface area contributed by atoms with E-state index in [0.717, 1.165) is 5.56 Å². The molecule has 0 aliphatic rings. The molecule has 0 spiro atoms. The number of esters is 1. The maximum absolute atomic E-state index is 12.6. The number of methoxy groups -OCH3 is 3. The first-order chi connectivity index (χ1) is 16.0. The van der Waals surface area contributed by atoms with Crippen LogP contribution in [0.15, 0.2) is 60.7 Å². The second-order valence-corrected chi connectivity index (χ2v) is 6.92. The Bertz CT molecular complexity index is 1130. The number of aryl methyl sites for hydroxylation is 1. The molecule has 0 aliphatic carbocycles. The summed E-state index contributed by atoms with van der Waals surface area (Å²) in [4.78, 5) is 25.0. The largest absolute Gasteiger partial charge is 0.493 e. The second-order valence-electron chi connectivity index (χ2n) is 6.92. The van der Waals surface area contributed by atoms with E-state index in [0.29, 0.717) is 22.9 Å². The molecule has 3 rings (SSSR count). The molecule has 3 aromatic rings.